The lowest BCUT2D eigenvalue weighted by Gasteiger charge is -2.27. The molecule has 0 radical (unpaired) electrons. The van der Waals surface area contributed by atoms with Crippen molar-refractivity contribution in [2.45, 2.75) is 145 Å². The SMILES string of the molecule is CC(C)[C@H](NC(=O)[C@H](CC(=O)O)NC(=O)[C@H](CCCCN)NC(=O)[C@H](Cc1ccc(O)cc1)NC(=O)[C@H](CS)NC(=O)[C@H](C)NC(=O)[C@H](Cc1ccc(O)cc1)NC(=O)[C@H](Cc1ccccc1)NC(=O)CNC(=O)[C@H](CC(=O)O)NC(=O)[C@H](CS)NC(=O)[C@H](Cc1ccccc1)NC(=O)CN)C(=O)O. The zero-order chi connectivity index (χ0) is 77.2. The van der Waals surface area contributed by atoms with Crippen molar-refractivity contribution in [3.63, 3.8) is 0 Å². The normalized spacial score (nSPS) is 14.1. The number of carboxylic acid groups (broad SMARTS) is 3. The van der Waals surface area contributed by atoms with Crippen molar-refractivity contribution in [1.82, 2.24) is 63.8 Å². The van der Waals surface area contributed by atoms with E-state index < -0.39 is 193 Å². The second kappa shape index (κ2) is 43.8. The Labute approximate surface area is 609 Å². The number of carbonyl (C=O) groups excluding carboxylic acids is 12. The van der Waals surface area contributed by atoms with E-state index in [1.807, 2.05) is 0 Å². The number of nitrogens with one attached hydrogen (secondary N) is 12. The van der Waals surface area contributed by atoms with Crippen LogP contribution in [0.25, 0.3) is 0 Å². The first-order valence-electron chi connectivity index (χ1n) is 32.9. The van der Waals surface area contributed by atoms with Gasteiger partial charge in [0.15, 0.2) is 0 Å². The molecule has 11 atom stereocenters. The van der Waals surface area contributed by atoms with Crippen LogP contribution in [-0.4, -0.2) is 212 Å². The van der Waals surface area contributed by atoms with E-state index >= 15 is 0 Å². The number of thiol groups is 2. The van der Waals surface area contributed by atoms with Crippen LogP contribution in [0.5, 0.6) is 11.5 Å². The maximum Gasteiger partial charge on any atom is 0.326 e. The van der Waals surface area contributed by atoms with E-state index in [4.69, 9.17) is 11.5 Å². The molecule has 4 rings (SSSR count). The maximum atomic E-state index is 14.5. The molecule has 0 spiro atoms. The zero-order valence-electron chi connectivity index (χ0n) is 57.1. The van der Waals surface area contributed by atoms with E-state index in [1.165, 1.54) is 69.3 Å². The van der Waals surface area contributed by atoms with E-state index in [1.54, 1.807) is 60.7 Å². The van der Waals surface area contributed by atoms with Gasteiger partial charge in [0.2, 0.25) is 70.9 Å². The second-order valence-corrected chi connectivity index (χ2v) is 25.1. The predicted octanol–water partition coefficient (Wildman–Crippen LogP) is -3.53. The van der Waals surface area contributed by atoms with Crippen molar-refractivity contribution in [1.29, 1.82) is 0 Å². The van der Waals surface area contributed by atoms with Crippen molar-refractivity contribution >= 4 is 114 Å². The fourth-order valence-corrected chi connectivity index (χ4v) is 10.6. The first-order chi connectivity index (χ1) is 49.3. The molecule has 0 aromatic heterocycles. The van der Waals surface area contributed by atoms with Crippen molar-refractivity contribution in [3.8, 4) is 11.5 Å². The number of phenolic OH excluding ortho intramolecular Hbond substituents is 2. The molecule has 4 aromatic carbocycles. The Bertz CT molecular complexity index is 3620. The van der Waals surface area contributed by atoms with E-state index in [0.29, 0.717) is 28.7 Å². The van der Waals surface area contributed by atoms with Gasteiger partial charge in [-0.3, -0.25) is 67.1 Å². The molecule has 0 saturated heterocycles. The molecule has 0 unspecified atom stereocenters. The van der Waals surface area contributed by atoms with Gasteiger partial charge in [0.25, 0.3) is 0 Å². The number of benzene rings is 4. The number of hydrogen-bond donors (Lipinski definition) is 21. The van der Waals surface area contributed by atoms with Gasteiger partial charge in [-0.15, -0.1) is 0 Å². The lowest BCUT2D eigenvalue weighted by Crippen LogP contribution is -2.61. The highest BCUT2D eigenvalue weighted by Gasteiger charge is 2.37. The number of carboxylic acids is 3. The molecule has 12 amide bonds. The summed E-state index contributed by atoms with van der Waals surface area (Å²) >= 11 is 8.43. The molecule has 4 aromatic rings. The standard InChI is InChI=1S/C68H90N14O20S2/c1-36(2)57(68(101)102)82-65(98)50(31-56(89)90)79-60(93)44(16-10-11-25-69)75-64(97)48(29-41-19-23-43(84)24-20-41)77-66(99)51(34-103)80-58(91)37(3)72-61(94)47(28-40-17-21-42(83)22-18-40)76-62(95)46(27-39-14-8-5-9-15-39)74-54(86)33-71-59(92)49(30-55(87)88)78-67(100)52(35-104)81-63(96)45(73-53(85)32-70)26-38-12-6-4-7-13-38/h4-9,12-15,17-24,36-37,44-52,57,83-84,103-104H,10-11,16,25-35,69-70H2,1-3H3,(H,71,92)(H,72,94)(H,73,85)(H,74,86)(H,75,97)(H,76,95)(H,77,99)(H,78,100)(H,79,93)(H,80,91)(H,81,96)(H,82,98)(H,87,88)(H,89,90)(H,101,102)/t37-,44-,45-,46-,47-,48-,49-,50-,51-,52-,57-/m0/s1. The second-order valence-electron chi connectivity index (χ2n) is 24.4. The molecule has 36 heteroatoms. The number of carbonyl (C=O) groups is 15. The number of aliphatic carboxylic acids is 3. The zero-order valence-corrected chi connectivity index (χ0v) is 58.9. The fraction of sp³-hybridized carbons (Fsp3) is 0.426. The Morgan fingerprint density at radius 3 is 1.11 bits per heavy atom. The summed E-state index contributed by atoms with van der Waals surface area (Å²) in [5.74, 6) is -18.4. The van der Waals surface area contributed by atoms with Crippen LogP contribution in [0, 0.1) is 5.92 Å². The highest BCUT2D eigenvalue weighted by molar-refractivity contribution is 7.80. The van der Waals surface area contributed by atoms with Crippen LogP contribution < -0.4 is 75.3 Å². The highest BCUT2D eigenvalue weighted by atomic mass is 32.1. The summed E-state index contributed by atoms with van der Waals surface area (Å²) < 4.78 is 0. The minimum atomic E-state index is -1.86. The molecule has 0 aliphatic rings. The molecule has 0 bridgehead atoms. The van der Waals surface area contributed by atoms with Crippen LogP contribution in [0.3, 0.4) is 0 Å². The molecule has 0 aliphatic carbocycles. The third-order valence-electron chi connectivity index (χ3n) is 15.7. The van der Waals surface area contributed by atoms with Gasteiger partial charge in [-0.25, -0.2) is 4.79 Å². The average Bonchev–Trinajstić information content (AvgIpc) is 0.856. The van der Waals surface area contributed by atoms with Gasteiger partial charge in [0.1, 0.15) is 78.0 Å². The summed E-state index contributed by atoms with van der Waals surface area (Å²) in [6.45, 7) is 2.96. The number of aromatic hydroxyl groups is 2. The van der Waals surface area contributed by atoms with E-state index in [-0.39, 0.29) is 62.3 Å². The van der Waals surface area contributed by atoms with E-state index in [2.05, 4.69) is 89.1 Å². The smallest absolute Gasteiger partial charge is 0.326 e. The summed E-state index contributed by atoms with van der Waals surface area (Å²) in [4.78, 5) is 201. The van der Waals surface area contributed by atoms with E-state index in [9.17, 15) is 97.5 Å². The summed E-state index contributed by atoms with van der Waals surface area (Å²) in [6.07, 6.45) is -2.52. The Morgan fingerprint density at radius 1 is 0.375 bits per heavy atom. The first-order valence-corrected chi connectivity index (χ1v) is 34.1. The highest BCUT2D eigenvalue weighted by Crippen LogP contribution is 2.16. The molecule has 0 heterocycles. The third kappa shape index (κ3) is 30.0. The summed E-state index contributed by atoms with van der Waals surface area (Å²) in [5, 5.41) is 78.2. The quantitative estimate of drug-likeness (QED) is 0.0151. The van der Waals surface area contributed by atoms with Gasteiger partial charge in [-0.2, -0.15) is 25.3 Å². The monoisotopic (exact) mass is 1490 g/mol. The van der Waals surface area contributed by atoms with E-state index in [0.717, 1.165) is 0 Å². The van der Waals surface area contributed by atoms with Crippen LogP contribution >= 0.6 is 25.3 Å². The Balaban J connectivity index is 1.54. The molecule has 104 heavy (non-hydrogen) atoms. The number of amides is 12. The summed E-state index contributed by atoms with van der Waals surface area (Å²) in [6, 6.07) is 10.3. The molecular weight excluding hydrogens is 1400 g/mol. The van der Waals surface area contributed by atoms with Gasteiger partial charge >= 0.3 is 17.9 Å². The number of unbranched alkanes of at least 4 members (excludes halogenated alkanes) is 1. The molecule has 0 aliphatic heterocycles. The van der Waals surface area contributed by atoms with Crippen LogP contribution in [-0.2, 0) is 97.6 Å². The first kappa shape index (κ1) is 85.6. The Morgan fingerprint density at radius 2 is 0.712 bits per heavy atom. The topological polar surface area (TPSA) is 554 Å². The lowest BCUT2D eigenvalue weighted by molar-refractivity contribution is -0.144. The van der Waals surface area contributed by atoms with Crippen molar-refractivity contribution in [3.05, 3.63) is 131 Å². The minimum Gasteiger partial charge on any atom is -0.508 e. The third-order valence-corrected chi connectivity index (χ3v) is 16.4. The number of nitrogens with two attached hydrogens (primary N) is 2. The molecule has 21 N–H and O–H groups in total. The van der Waals surface area contributed by atoms with Crippen LogP contribution in [0.4, 0.5) is 0 Å². The van der Waals surface area contributed by atoms with Gasteiger partial charge in [0.05, 0.1) is 25.9 Å². The molecule has 0 saturated carbocycles. The minimum absolute atomic E-state index is 0.0231. The number of phenols is 2. The maximum absolute atomic E-state index is 14.5. The van der Waals surface area contributed by atoms with Gasteiger partial charge in [-0.05, 0) is 85.2 Å². The van der Waals surface area contributed by atoms with Crippen molar-refractivity contribution in [2.24, 2.45) is 17.4 Å². The lowest BCUT2D eigenvalue weighted by atomic mass is 10.0. The fourth-order valence-electron chi connectivity index (χ4n) is 10.1. The predicted molar refractivity (Wildman–Crippen MR) is 380 cm³/mol. The van der Waals surface area contributed by atoms with Crippen molar-refractivity contribution in [2.75, 3.05) is 31.1 Å². The van der Waals surface area contributed by atoms with Crippen LogP contribution in [0.15, 0.2) is 109 Å². The summed E-state index contributed by atoms with van der Waals surface area (Å²) in [7, 11) is 0. The largest absolute Gasteiger partial charge is 0.508 e. The van der Waals surface area contributed by atoms with Gasteiger partial charge in [-0.1, -0.05) is 98.8 Å². The molecular formula is C68H90N14O20S2. The molecule has 564 valence electrons. The molecule has 34 nitrogen and oxygen atoms in total. The van der Waals surface area contributed by atoms with Crippen LogP contribution in [0.2, 0.25) is 0 Å². The summed E-state index contributed by atoms with van der Waals surface area (Å²) in [5.41, 5.74) is 13.0. The van der Waals surface area contributed by atoms with Gasteiger partial charge in [0, 0.05) is 37.2 Å². The van der Waals surface area contributed by atoms with Gasteiger partial charge < -0.3 is 101 Å². The van der Waals surface area contributed by atoms with Crippen molar-refractivity contribution < 1.29 is 97.5 Å². The Kier molecular flexibility index (Phi) is 36.1. The molecule has 0 fully saturated rings. The Hall–Kier alpha value is -10.8. The van der Waals surface area contributed by atoms with Crippen LogP contribution in [0.1, 0.15) is 75.1 Å². The number of hydrogen-bond acceptors (Lipinski definition) is 21. The number of rotatable bonds is 44. The average molecular weight is 1490 g/mol.